The number of carbonyl (C=O) groups excluding carboxylic acids is 1. The third-order valence-electron chi connectivity index (χ3n) is 12.8. The second-order valence-electron chi connectivity index (χ2n) is 17.2. The SMILES string of the molecule is C=C(C)C[C@H]1O[C@@H]([C@H](OCc2ccc(OC)cc2)C(=O)C[C@H](O)[C@@H](C)[C@@H](CCCCCl)O[Si](CC)(CC)CC)[C@H](C)[C@@H](OCc2ccc(OC)cc2)[C@@H]1OCc1ccc(OC)cc1. The Morgan fingerprint density at radius 2 is 1.25 bits per heavy atom. The van der Waals surface area contributed by atoms with Crippen molar-refractivity contribution in [3.8, 4) is 17.2 Å². The van der Waals surface area contributed by atoms with E-state index >= 15 is 0 Å². The number of unbranched alkanes of at least 4 members (excludes halogenated alkanes) is 1. The summed E-state index contributed by atoms with van der Waals surface area (Å²) < 4.78 is 50.6. The summed E-state index contributed by atoms with van der Waals surface area (Å²) in [5.41, 5.74) is 3.69. The van der Waals surface area contributed by atoms with Crippen molar-refractivity contribution in [2.45, 2.75) is 154 Å². The Hall–Kier alpha value is -3.26. The van der Waals surface area contributed by atoms with Crippen molar-refractivity contribution in [3.05, 3.63) is 102 Å². The molecule has 12 heteroatoms. The Morgan fingerprint density at radius 3 is 1.70 bits per heavy atom. The number of alkyl halides is 1. The molecule has 350 valence electrons. The molecule has 1 aliphatic heterocycles. The van der Waals surface area contributed by atoms with Gasteiger partial charge in [0.05, 0.1) is 71.7 Å². The fourth-order valence-corrected chi connectivity index (χ4v) is 11.6. The van der Waals surface area contributed by atoms with Gasteiger partial charge in [0, 0.05) is 24.1 Å². The summed E-state index contributed by atoms with van der Waals surface area (Å²) in [4.78, 5) is 14.9. The van der Waals surface area contributed by atoms with Gasteiger partial charge in [-0.05, 0) is 104 Å². The minimum atomic E-state index is -2.04. The molecule has 9 atom stereocenters. The minimum absolute atomic E-state index is 0.130. The maximum absolute atomic E-state index is 14.9. The van der Waals surface area contributed by atoms with Crippen LogP contribution < -0.4 is 14.2 Å². The van der Waals surface area contributed by atoms with E-state index in [1.165, 1.54) is 0 Å². The summed E-state index contributed by atoms with van der Waals surface area (Å²) in [6.07, 6.45) is -1.70. The number of benzene rings is 3. The smallest absolute Gasteiger partial charge is 0.192 e. The van der Waals surface area contributed by atoms with E-state index in [0.29, 0.717) is 25.5 Å². The van der Waals surface area contributed by atoms with Crippen molar-refractivity contribution in [2.24, 2.45) is 11.8 Å². The lowest BCUT2D eigenvalue weighted by atomic mass is 9.81. The second kappa shape index (κ2) is 26.6. The van der Waals surface area contributed by atoms with Crippen LogP contribution in [0.5, 0.6) is 17.2 Å². The van der Waals surface area contributed by atoms with Crippen LogP contribution in [0.4, 0.5) is 0 Å². The molecular formula is C51H75ClO10Si. The average molecular weight is 912 g/mol. The highest BCUT2D eigenvalue weighted by atomic mass is 35.5. The molecular weight excluding hydrogens is 836 g/mol. The molecule has 0 aliphatic carbocycles. The molecule has 10 nitrogen and oxygen atoms in total. The predicted octanol–water partition coefficient (Wildman–Crippen LogP) is 10.9. The molecule has 0 aromatic heterocycles. The average Bonchev–Trinajstić information content (AvgIpc) is 3.30. The summed E-state index contributed by atoms with van der Waals surface area (Å²) in [6.45, 7) is 17.6. The summed E-state index contributed by atoms with van der Waals surface area (Å²) in [6, 6.07) is 26.1. The van der Waals surface area contributed by atoms with E-state index in [-0.39, 0.29) is 36.8 Å². The molecule has 0 unspecified atom stereocenters. The van der Waals surface area contributed by atoms with Crippen molar-refractivity contribution in [1.82, 2.24) is 0 Å². The van der Waals surface area contributed by atoms with Crippen molar-refractivity contribution in [2.75, 3.05) is 27.2 Å². The Morgan fingerprint density at radius 1 is 0.778 bits per heavy atom. The lowest BCUT2D eigenvalue weighted by Gasteiger charge is -2.47. The quantitative estimate of drug-likeness (QED) is 0.0313. The van der Waals surface area contributed by atoms with Gasteiger partial charge in [0.25, 0.3) is 0 Å². The van der Waals surface area contributed by atoms with Crippen LogP contribution in [0.15, 0.2) is 84.9 Å². The molecule has 0 saturated carbocycles. The first-order chi connectivity index (χ1) is 30.3. The van der Waals surface area contributed by atoms with Crippen LogP contribution in [-0.4, -0.2) is 89.1 Å². The maximum Gasteiger partial charge on any atom is 0.192 e. The van der Waals surface area contributed by atoms with E-state index in [9.17, 15) is 9.90 Å². The molecule has 1 heterocycles. The molecule has 0 spiro atoms. The summed E-state index contributed by atoms with van der Waals surface area (Å²) in [7, 11) is 2.87. The molecule has 3 aromatic rings. The van der Waals surface area contributed by atoms with Crippen molar-refractivity contribution in [1.29, 1.82) is 0 Å². The molecule has 1 aliphatic rings. The summed E-state index contributed by atoms with van der Waals surface area (Å²) in [5.74, 6) is 1.86. The molecule has 1 fully saturated rings. The fraction of sp³-hybridized carbons (Fsp3) is 0.588. The van der Waals surface area contributed by atoms with Gasteiger partial charge in [-0.1, -0.05) is 76.6 Å². The van der Waals surface area contributed by atoms with Crippen LogP contribution in [0, 0.1) is 11.8 Å². The van der Waals surface area contributed by atoms with Gasteiger partial charge in [0.15, 0.2) is 14.1 Å². The summed E-state index contributed by atoms with van der Waals surface area (Å²) in [5, 5.41) is 12.0. The largest absolute Gasteiger partial charge is 0.497 e. The van der Waals surface area contributed by atoms with Gasteiger partial charge < -0.3 is 42.7 Å². The van der Waals surface area contributed by atoms with Crippen LogP contribution >= 0.6 is 11.6 Å². The zero-order valence-electron chi connectivity index (χ0n) is 39.3. The Kier molecular flexibility index (Phi) is 22.1. The zero-order chi connectivity index (χ0) is 45.9. The van der Waals surface area contributed by atoms with E-state index in [1.54, 1.807) is 21.3 Å². The van der Waals surface area contributed by atoms with E-state index in [1.807, 2.05) is 93.6 Å². The standard InChI is InChI=1S/C51H75ClO10Si/c1-11-63(12-2,13-3)62-46(16-14-15-29-52)36(6)44(53)31-45(54)50(59-33-39-19-25-42(56-9)26-20-39)49-37(7)48(58-32-38-17-23-41(55-8)24-18-38)51(47(61-49)30-35(4)5)60-34-40-21-27-43(57-10)28-22-40/h17-28,36-37,44,46-51,53H,4,11-16,29-34H2,1-3,5-10H3/t36-,37-,44+,46-,47-,48-,49-,50-,51-/m1/s1. The van der Waals surface area contributed by atoms with Gasteiger partial charge in [0.2, 0.25) is 0 Å². The van der Waals surface area contributed by atoms with Crippen LogP contribution in [0.25, 0.3) is 0 Å². The summed E-state index contributed by atoms with van der Waals surface area (Å²) >= 11 is 6.11. The number of ether oxygens (including phenoxy) is 7. The number of carbonyl (C=O) groups is 1. The fourth-order valence-electron chi connectivity index (χ4n) is 8.46. The highest BCUT2D eigenvalue weighted by molar-refractivity contribution is 6.73. The van der Waals surface area contributed by atoms with E-state index in [2.05, 4.69) is 27.4 Å². The predicted molar refractivity (Wildman–Crippen MR) is 253 cm³/mol. The van der Waals surface area contributed by atoms with E-state index < -0.39 is 44.9 Å². The number of aliphatic hydroxyl groups is 1. The molecule has 0 bridgehead atoms. The molecule has 0 amide bonds. The number of hydrogen-bond donors (Lipinski definition) is 1. The minimum Gasteiger partial charge on any atom is -0.497 e. The van der Waals surface area contributed by atoms with E-state index in [0.717, 1.165) is 76.9 Å². The van der Waals surface area contributed by atoms with Gasteiger partial charge >= 0.3 is 0 Å². The maximum atomic E-state index is 14.9. The molecule has 3 aromatic carbocycles. The van der Waals surface area contributed by atoms with Crippen molar-refractivity contribution in [3.63, 3.8) is 0 Å². The monoisotopic (exact) mass is 910 g/mol. The first-order valence-electron chi connectivity index (χ1n) is 22.8. The van der Waals surface area contributed by atoms with Gasteiger partial charge in [-0.25, -0.2) is 0 Å². The first-order valence-corrected chi connectivity index (χ1v) is 25.9. The third-order valence-corrected chi connectivity index (χ3v) is 17.8. The first kappa shape index (κ1) is 52.4. The van der Waals surface area contributed by atoms with Gasteiger partial charge in [0.1, 0.15) is 29.5 Å². The normalized spacial score (nSPS) is 21.0. The molecule has 63 heavy (non-hydrogen) atoms. The van der Waals surface area contributed by atoms with Crippen LogP contribution in [0.1, 0.15) is 90.3 Å². The van der Waals surface area contributed by atoms with Gasteiger partial charge in [-0.3, -0.25) is 4.79 Å². The number of Topliss-reactive ketones (excluding diaryl/α,β-unsaturated/α-hetero) is 1. The van der Waals surface area contributed by atoms with Crippen LogP contribution in [0.3, 0.4) is 0 Å². The third kappa shape index (κ3) is 15.4. The van der Waals surface area contributed by atoms with Gasteiger partial charge in [-0.15, -0.1) is 18.2 Å². The van der Waals surface area contributed by atoms with Crippen molar-refractivity contribution < 1.29 is 47.5 Å². The topological polar surface area (TPSA) is 111 Å². The Bertz CT molecular complexity index is 1760. The Labute approximate surface area is 384 Å². The molecule has 1 saturated heterocycles. The highest BCUT2D eigenvalue weighted by Crippen LogP contribution is 2.38. The number of hydrogen-bond acceptors (Lipinski definition) is 10. The Balaban J connectivity index is 1.71. The molecule has 1 N–H and O–H groups in total. The van der Waals surface area contributed by atoms with Crippen LogP contribution in [0.2, 0.25) is 18.1 Å². The highest BCUT2D eigenvalue weighted by Gasteiger charge is 2.50. The van der Waals surface area contributed by atoms with Crippen LogP contribution in [-0.2, 0) is 48.0 Å². The van der Waals surface area contributed by atoms with Gasteiger partial charge in [-0.2, -0.15) is 0 Å². The lowest BCUT2D eigenvalue weighted by Crippen LogP contribution is -2.60. The number of methoxy groups -OCH3 is 3. The number of ketones is 1. The zero-order valence-corrected chi connectivity index (χ0v) is 41.1. The number of aliphatic hydroxyl groups excluding tert-OH is 1. The number of halogens is 1. The lowest BCUT2D eigenvalue weighted by molar-refractivity contribution is -0.251. The molecule has 4 rings (SSSR count). The molecule has 0 radical (unpaired) electrons. The second-order valence-corrected chi connectivity index (χ2v) is 22.3. The van der Waals surface area contributed by atoms with Crippen molar-refractivity contribution >= 4 is 25.7 Å². The number of rotatable bonds is 29. The van der Waals surface area contributed by atoms with E-state index in [4.69, 9.17) is 49.2 Å².